The molecule has 0 aliphatic carbocycles. The Morgan fingerprint density at radius 2 is 1.83 bits per heavy atom. The topological polar surface area (TPSA) is 94.9 Å². The standard InChI is InChI=1S/C16H12ClNO5S/c17-11-5-3-4-10(8-11)9-18-13-7-2-1-6-12(13)14(19)15(16(20)21)24(18,22)23/h1-8,19H,9H2,(H,20,21). The summed E-state index contributed by atoms with van der Waals surface area (Å²) >= 11 is 5.92. The molecule has 1 aliphatic rings. The van der Waals surface area contributed by atoms with Gasteiger partial charge in [-0.1, -0.05) is 35.9 Å². The number of anilines is 1. The van der Waals surface area contributed by atoms with Crippen LogP contribution in [-0.2, 0) is 21.4 Å². The first kappa shape index (κ1) is 16.4. The van der Waals surface area contributed by atoms with E-state index in [2.05, 4.69) is 0 Å². The molecule has 3 rings (SSSR count). The number of benzene rings is 2. The number of sulfonamides is 1. The van der Waals surface area contributed by atoms with E-state index in [1.165, 1.54) is 12.1 Å². The zero-order chi connectivity index (χ0) is 17.5. The number of halogens is 1. The molecule has 0 saturated heterocycles. The lowest BCUT2D eigenvalue weighted by molar-refractivity contribution is -0.131. The number of hydrogen-bond donors (Lipinski definition) is 2. The number of aliphatic hydroxyl groups excluding tert-OH is 1. The van der Waals surface area contributed by atoms with Crippen molar-refractivity contribution >= 4 is 39.0 Å². The number of carbonyl (C=O) groups is 1. The molecule has 0 unspecified atom stereocenters. The summed E-state index contributed by atoms with van der Waals surface area (Å²) in [5, 5.41) is 19.8. The van der Waals surface area contributed by atoms with E-state index < -0.39 is 26.7 Å². The summed E-state index contributed by atoms with van der Waals surface area (Å²) in [6.07, 6.45) is 0. The van der Waals surface area contributed by atoms with Gasteiger partial charge in [-0.2, -0.15) is 0 Å². The van der Waals surface area contributed by atoms with E-state index in [0.29, 0.717) is 10.6 Å². The smallest absolute Gasteiger partial charge is 0.353 e. The third-order valence-corrected chi connectivity index (χ3v) is 5.63. The number of rotatable bonds is 3. The van der Waals surface area contributed by atoms with E-state index in [9.17, 15) is 23.4 Å². The Bertz CT molecular complexity index is 968. The van der Waals surface area contributed by atoms with Crippen LogP contribution in [0.15, 0.2) is 53.4 Å². The molecule has 6 nitrogen and oxygen atoms in total. The lowest BCUT2D eigenvalue weighted by Crippen LogP contribution is -2.37. The molecule has 0 bridgehead atoms. The molecule has 8 heteroatoms. The predicted molar refractivity (Wildman–Crippen MR) is 90.2 cm³/mol. The Kier molecular flexibility index (Phi) is 3.98. The third-order valence-electron chi connectivity index (χ3n) is 3.60. The van der Waals surface area contributed by atoms with Gasteiger partial charge in [0.15, 0.2) is 5.76 Å². The maximum Gasteiger partial charge on any atom is 0.353 e. The van der Waals surface area contributed by atoms with Crippen molar-refractivity contribution in [3.63, 3.8) is 0 Å². The second-order valence-electron chi connectivity index (χ2n) is 5.14. The molecule has 2 aromatic carbocycles. The van der Waals surface area contributed by atoms with Gasteiger partial charge in [-0.3, -0.25) is 4.31 Å². The van der Waals surface area contributed by atoms with Gasteiger partial charge in [0.25, 0.3) is 10.0 Å². The average Bonchev–Trinajstić information content (AvgIpc) is 2.51. The molecule has 1 heterocycles. The quantitative estimate of drug-likeness (QED) is 0.871. The highest BCUT2D eigenvalue weighted by atomic mass is 35.5. The fraction of sp³-hybridized carbons (Fsp3) is 0.0625. The van der Waals surface area contributed by atoms with Crippen LogP contribution in [0.25, 0.3) is 5.76 Å². The van der Waals surface area contributed by atoms with Crippen molar-refractivity contribution in [2.45, 2.75) is 6.54 Å². The normalized spacial score (nSPS) is 16.0. The molecular formula is C16H12ClNO5S. The molecule has 0 amide bonds. The monoisotopic (exact) mass is 365 g/mol. The average molecular weight is 366 g/mol. The number of carboxylic acid groups (broad SMARTS) is 1. The fourth-order valence-electron chi connectivity index (χ4n) is 2.56. The van der Waals surface area contributed by atoms with Crippen molar-refractivity contribution in [1.82, 2.24) is 0 Å². The molecule has 0 atom stereocenters. The Morgan fingerprint density at radius 1 is 1.12 bits per heavy atom. The van der Waals surface area contributed by atoms with Gasteiger partial charge in [0, 0.05) is 10.6 Å². The van der Waals surface area contributed by atoms with Crippen LogP contribution >= 0.6 is 11.6 Å². The van der Waals surface area contributed by atoms with E-state index in [4.69, 9.17) is 11.6 Å². The van der Waals surface area contributed by atoms with Crippen LogP contribution in [0.4, 0.5) is 5.69 Å². The van der Waals surface area contributed by atoms with Gasteiger partial charge in [0.2, 0.25) is 4.91 Å². The minimum absolute atomic E-state index is 0.107. The van der Waals surface area contributed by atoms with Crippen LogP contribution < -0.4 is 4.31 Å². The molecule has 24 heavy (non-hydrogen) atoms. The third kappa shape index (κ3) is 2.61. The number of para-hydroxylation sites is 1. The Hall–Kier alpha value is -2.51. The van der Waals surface area contributed by atoms with Crippen molar-refractivity contribution in [3.05, 3.63) is 69.6 Å². The van der Waals surface area contributed by atoms with Crippen LogP contribution in [0.3, 0.4) is 0 Å². The van der Waals surface area contributed by atoms with Crippen LogP contribution in [-0.4, -0.2) is 24.6 Å². The molecule has 1 aliphatic heterocycles. The largest absolute Gasteiger partial charge is 0.506 e. The van der Waals surface area contributed by atoms with Crippen molar-refractivity contribution in [1.29, 1.82) is 0 Å². The molecule has 0 fully saturated rings. The zero-order valence-electron chi connectivity index (χ0n) is 12.2. The first-order chi connectivity index (χ1) is 11.3. The van der Waals surface area contributed by atoms with E-state index in [1.807, 2.05) is 0 Å². The van der Waals surface area contributed by atoms with E-state index in [-0.39, 0.29) is 17.8 Å². The predicted octanol–water partition coefficient (Wildman–Crippen LogP) is 3.00. The van der Waals surface area contributed by atoms with Crippen molar-refractivity contribution in [3.8, 4) is 0 Å². The van der Waals surface area contributed by atoms with Gasteiger partial charge < -0.3 is 10.2 Å². The van der Waals surface area contributed by atoms with Crippen LogP contribution in [0.5, 0.6) is 0 Å². The van der Waals surface area contributed by atoms with E-state index >= 15 is 0 Å². The molecule has 0 radical (unpaired) electrons. The number of nitrogens with zero attached hydrogens (tertiary/aromatic N) is 1. The van der Waals surface area contributed by atoms with Gasteiger partial charge in [0.05, 0.1) is 12.2 Å². The Labute approximate surface area is 143 Å². The van der Waals surface area contributed by atoms with E-state index in [0.717, 1.165) is 4.31 Å². The van der Waals surface area contributed by atoms with Crippen LogP contribution in [0.1, 0.15) is 11.1 Å². The van der Waals surface area contributed by atoms with Gasteiger partial charge >= 0.3 is 5.97 Å². The molecule has 0 aromatic heterocycles. The minimum Gasteiger partial charge on any atom is -0.506 e. The number of aliphatic hydroxyl groups is 1. The Morgan fingerprint density at radius 3 is 2.50 bits per heavy atom. The highest BCUT2D eigenvalue weighted by Gasteiger charge is 2.41. The number of aliphatic carboxylic acids is 1. The van der Waals surface area contributed by atoms with Gasteiger partial charge in [0.1, 0.15) is 0 Å². The van der Waals surface area contributed by atoms with Crippen molar-refractivity contribution < 1.29 is 23.4 Å². The summed E-state index contributed by atoms with van der Waals surface area (Å²) in [7, 11) is -4.42. The van der Waals surface area contributed by atoms with Crippen molar-refractivity contribution in [2.24, 2.45) is 0 Å². The molecule has 2 N–H and O–H groups in total. The van der Waals surface area contributed by atoms with E-state index in [1.54, 1.807) is 36.4 Å². The highest BCUT2D eigenvalue weighted by molar-refractivity contribution is 7.97. The fourth-order valence-corrected chi connectivity index (χ4v) is 4.30. The summed E-state index contributed by atoms with van der Waals surface area (Å²) < 4.78 is 26.4. The molecule has 0 spiro atoms. The summed E-state index contributed by atoms with van der Waals surface area (Å²) in [5.74, 6) is -2.47. The summed E-state index contributed by atoms with van der Waals surface area (Å²) in [5.41, 5.74) is 0.943. The zero-order valence-corrected chi connectivity index (χ0v) is 13.8. The summed E-state index contributed by atoms with van der Waals surface area (Å²) in [4.78, 5) is 10.4. The molecular weight excluding hydrogens is 354 g/mol. The highest BCUT2D eigenvalue weighted by Crippen LogP contribution is 2.39. The molecule has 0 saturated carbocycles. The number of hydrogen-bond acceptors (Lipinski definition) is 4. The van der Waals surface area contributed by atoms with Crippen molar-refractivity contribution in [2.75, 3.05) is 4.31 Å². The maximum absolute atomic E-state index is 12.7. The van der Waals surface area contributed by atoms with Crippen LogP contribution in [0.2, 0.25) is 5.02 Å². The lowest BCUT2D eigenvalue weighted by Gasteiger charge is -2.30. The van der Waals surface area contributed by atoms with Gasteiger partial charge in [-0.05, 0) is 29.8 Å². The second-order valence-corrected chi connectivity index (χ2v) is 7.38. The SMILES string of the molecule is O=C(O)C1=C(O)c2ccccc2N(Cc2cccc(Cl)c2)S1(=O)=O. The first-order valence-corrected chi connectivity index (χ1v) is 8.67. The van der Waals surface area contributed by atoms with Gasteiger partial charge in [-0.25, -0.2) is 13.2 Å². The van der Waals surface area contributed by atoms with Crippen LogP contribution in [0, 0.1) is 0 Å². The number of carboxylic acids is 1. The molecule has 2 aromatic rings. The van der Waals surface area contributed by atoms with Gasteiger partial charge in [-0.15, -0.1) is 0 Å². The minimum atomic E-state index is -4.42. The second kappa shape index (κ2) is 5.85. The lowest BCUT2D eigenvalue weighted by atomic mass is 10.1. The number of fused-ring (bicyclic) bond motifs is 1. The summed E-state index contributed by atoms with van der Waals surface area (Å²) in [6.45, 7) is -0.107. The summed E-state index contributed by atoms with van der Waals surface area (Å²) in [6, 6.07) is 12.8. The Balaban J connectivity index is 2.20. The maximum atomic E-state index is 12.7. The molecule has 124 valence electrons. The first-order valence-electron chi connectivity index (χ1n) is 6.85.